The number of allylic oxidation sites excluding steroid dienone is 4. The zero-order valence-corrected chi connectivity index (χ0v) is 11.8. The molecule has 0 aromatic carbocycles. The van der Waals surface area contributed by atoms with E-state index in [4.69, 9.17) is 0 Å². The second-order valence-electron chi connectivity index (χ2n) is 5.74. The van der Waals surface area contributed by atoms with Gasteiger partial charge in [-0.1, -0.05) is 37.1 Å². The number of hydrogen-bond donors (Lipinski definition) is 0. The molecule has 0 bridgehead atoms. The fourth-order valence-corrected chi connectivity index (χ4v) is 4.00. The summed E-state index contributed by atoms with van der Waals surface area (Å²) in [6, 6.07) is 0. The van der Waals surface area contributed by atoms with Crippen molar-refractivity contribution in [2.45, 2.75) is 51.4 Å². The van der Waals surface area contributed by atoms with E-state index in [-0.39, 0.29) is 0 Å². The average Bonchev–Trinajstić information content (AvgIpc) is 2.34. The molecule has 0 aliphatic heterocycles. The molecule has 0 aromatic rings. The van der Waals surface area contributed by atoms with E-state index in [0.29, 0.717) is 10.8 Å². The maximum absolute atomic E-state index is 3.98. The van der Waals surface area contributed by atoms with Crippen molar-refractivity contribution >= 4 is 0 Å². The third kappa shape index (κ3) is 2.68. The van der Waals surface area contributed by atoms with Crippen LogP contribution in [0.2, 0.25) is 0 Å². The first-order valence-corrected chi connectivity index (χ1v) is 7.14. The highest BCUT2D eigenvalue weighted by Gasteiger charge is 2.49. The van der Waals surface area contributed by atoms with Gasteiger partial charge in [0.05, 0.1) is 0 Å². The highest BCUT2D eigenvalue weighted by Crippen LogP contribution is 2.59. The number of hydrogen-bond acceptors (Lipinski definition) is 0. The van der Waals surface area contributed by atoms with E-state index in [2.05, 4.69) is 50.6 Å². The third-order valence-electron chi connectivity index (χ3n) is 4.83. The van der Waals surface area contributed by atoms with Gasteiger partial charge in [0.25, 0.3) is 0 Å². The summed E-state index contributed by atoms with van der Waals surface area (Å²) < 4.78 is 0. The first-order valence-electron chi connectivity index (χ1n) is 7.14. The van der Waals surface area contributed by atoms with E-state index < -0.39 is 0 Å². The van der Waals surface area contributed by atoms with Gasteiger partial charge in [0.15, 0.2) is 0 Å². The van der Waals surface area contributed by atoms with E-state index in [1.165, 1.54) is 25.7 Å². The monoisotopic (exact) mass is 244 g/mol. The van der Waals surface area contributed by atoms with E-state index in [1.54, 1.807) is 0 Å². The van der Waals surface area contributed by atoms with Crippen molar-refractivity contribution in [1.29, 1.82) is 0 Å². The minimum Gasteiger partial charge on any atom is -0.103 e. The molecule has 0 aromatic heterocycles. The van der Waals surface area contributed by atoms with Crippen LogP contribution < -0.4 is 0 Å². The molecule has 18 heavy (non-hydrogen) atoms. The van der Waals surface area contributed by atoms with Crippen LogP contribution in [0.4, 0.5) is 0 Å². The van der Waals surface area contributed by atoms with Crippen LogP contribution in [0.3, 0.4) is 0 Å². The molecule has 0 amide bonds. The van der Waals surface area contributed by atoms with Crippen LogP contribution in [0, 0.1) is 10.8 Å². The summed E-state index contributed by atoms with van der Waals surface area (Å²) in [4.78, 5) is 0. The van der Waals surface area contributed by atoms with Gasteiger partial charge < -0.3 is 0 Å². The Hall–Kier alpha value is -1.04. The minimum absolute atomic E-state index is 0.317. The summed E-state index contributed by atoms with van der Waals surface area (Å²) in [5, 5.41) is 0. The second kappa shape index (κ2) is 6.78. The van der Waals surface area contributed by atoms with Crippen LogP contribution >= 0.6 is 0 Å². The zero-order valence-electron chi connectivity index (χ0n) is 11.8. The molecule has 0 heterocycles. The molecule has 1 saturated carbocycles. The molecular formula is C18H28. The second-order valence-corrected chi connectivity index (χ2v) is 5.74. The molecule has 0 radical (unpaired) electrons. The number of rotatable bonds is 8. The maximum Gasteiger partial charge on any atom is -0.0166 e. The van der Waals surface area contributed by atoms with Crippen LogP contribution in [-0.2, 0) is 0 Å². The summed E-state index contributed by atoms with van der Waals surface area (Å²) in [6.45, 7) is 15.9. The minimum atomic E-state index is 0.317. The van der Waals surface area contributed by atoms with Gasteiger partial charge in [-0.25, -0.2) is 0 Å². The summed E-state index contributed by atoms with van der Waals surface area (Å²) in [5.41, 5.74) is 0.633. The lowest BCUT2D eigenvalue weighted by atomic mass is 9.51. The Morgan fingerprint density at radius 1 is 0.611 bits per heavy atom. The Bertz CT molecular complexity index is 256. The molecule has 1 aliphatic rings. The van der Waals surface area contributed by atoms with Crippen molar-refractivity contribution < 1.29 is 0 Å². The van der Waals surface area contributed by atoms with Crippen molar-refractivity contribution in [3.63, 3.8) is 0 Å². The Morgan fingerprint density at radius 2 is 0.889 bits per heavy atom. The SMILES string of the molecule is C=CCC1(CC=C)CCCCC1(CC=C)CC=C. The molecule has 0 atom stereocenters. The summed E-state index contributed by atoms with van der Waals surface area (Å²) >= 11 is 0. The van der Waals surface area contributed by atoms with E-state index in [1.807, 2.05) is 0 Å². The van der Waals surface area contributed by atoms with Crippen LogP contribution in [0.1, 0.15) is 51.4 Å². The average molecular weight is 244 g/mol. The van der Waals surface area contributed by atoms with Crippen LogP contribution in [-0.4, -0.2) is 0 Å². The Labute approximate surface area is 113 Å². The first-order chi connectivity index (χ1) is 8.70. The van der Waals surface area contributed by atoms with Crippen molar-refractivity contribution in [2.24, 2.45) is 10.8 Å². The summed E-state index contributed by atoms with van der Waals surface area (Å²) in [6.07, 6.45) is 17.9. The zero-order chi connectivity index (χ0) is 13.5. The standard InChI is InChI=1S/C18H28/c1-5-11-17(12-6-2)15-9-10-16-18(17,13-7-3)14-8-4/h5-8H,1-4,9-16H2. The lowest BCUT2D eigenvalue weighted by Gasteiger charge is -2.54. The quantitative estimate of drug-likeness (QED) is 0.471. The van der Waals surface area contributed by atoms with Gasteiger partial charge in [-0.15, -0.1) is 26.3 Å². The maximum atomic E-state index is 3.98. The van der Waals surface area contributed by atoms with Crippen LogP contribution in [0.5, 0.6) is 0 Å². The topological polar surface area (TPSA) is 0 Å². The van der Waals surface area contributed by atoms with Crippen molar-refractivity contribution in [3.8, 4) is 0 Å². The lowest BCUT2D eigenvalue weighted by Crippen LogP contribution is -2.44. The third-order valence-corrected chi connectivity index (χ3v) is 4.83. The van der Waals surface area contributed by atoms with Gasteiger partial charge in [-0.2, -0.15) is 0 Å². The summed E-state index contributed by atoms with van der Waals surface area (Å²) in [5.74, 6) is 0. The molecule has 0 unspecified atom stereocenters. The van der Waals surface area contributed by atoms with Gasteiger partial charge in [-0.3, -0.25) is 0 Å². The van der Waals surface area contributed by atoms with Gasteiger partial charge in [-0.05, 0) is 49.4 Å². The fraction of sp³-hybridized carbons (Fsp3) is 0.556. The molecule has 1 rings (SSSR count). The Morgan fingerprint density at radius 3 is 1.11 bits per heavy atom. The van der Waals surface area contributed by atoms with E-state index >= 15 is 0 Å². The summed E-state index contributed by atoms with van der Waals surface area (Å²) in [7, 11) is 0. The van der Waals surface area contributed by atoms with Gasteiger partial charge in [0, 0.05) is 0 Å². The predicted octanol–water partition coefficient (Wildman–Crippen LogP) is 5.84. The predicted molar refractivity (Wildman–Crippen MR) is 82.6 cm³/mol. The van der Waals surface area contributed by atoms with Crippen molar-refractivity contribution in [2.75, 3.05) is 0 Å². The molecule has 0 N–H and O–H groups in total. The van der Waals surface area contributed by atoms with Crippen molar-refractivity contribution in [3.05, 3.63) is 50.6 Å². The van der Waals surface area contributed by atoms with E-state index in [9.17, 15) is 0 Å². The van der Waals surface area contributed by atoms with Crippen LogP contribution in [0.25, 0.3) is 0 Å². The molecule has 0 spiro atoms. The Balaban J connectivity index is 3.17. The van der Waals surface area contributed by atoms with Crippen LogP contribution in [0.15, 0.2) is 50.6 Å². The lowest BCUT2D eigenvalue weighted by molar-refractivity contribution is -0.00795. The molecule has 0 nitrogen and oxygen atoms in total. The molecule has 0 heteroatoms. The largest absolute Gasteiger partial charge is 0.103 e. The highest BCUT2D eigenvalue weighted by molar-refractivity contribution is 5.09. The van der Waals surface area contributed by atoms with Gasteiger partial charge in [0.1, 0.15) is 0 Å². The Kier molecular flexibility index (Phi) is 5.65. The van der Waals surface area contributed by atoms with Gasteiger partial charge >= 0.3 is 0 Å². The molecule has 0 saturated heterocycles. The highest BCUT2D eigenvalue weighted by atomic mass is 14.5. The molecule has 1 aliphatic carbocycles. The van der Waals surface area contributed by atoms with Crippen molar-refractivity contribution in [1.82, 2.24) is 0 Å². The first kappa shape index (κ1) is 15.0. The molecule has 1 fully saturated rings. The normalized spacial score (nSPS) is 20.9. The smallest absolute Gasteiger partial charge is 0.0166 e. The van der Waals surface area contributed by atoms with Gasteiger partial charge in [0.2, 0.25) is 0 Å². The molecular weight excluding hydrogens is 216 g/mol. The fourth-order valence-electron chi connectivity index (χ4n) is 4.00. The molecule has 100 valence electrons. The van der Waals surface area contributed by atoms with E-state index in [0.717, 1.165) is 25.7 Å².